The third-order valence-electron chi connectivity index (χ3n) is 2.07. The van der Waals surface area contributed by atoms with Gasteiger partial charge in [-0.15, -0.1) is 0 Å². The maximum Gasteiger partial charge on any atom is 0.407 e. The second-order valence-corrected chi connectivity index (χ2v) is 5.19. The van der Waals surface area contributed by atoms with Crippen molar-refractivity contribution in [3.63, 3.8) is 0 Å². The van der Waals surface area contributed by atoms with E-state index < -0.39 is 11.7 Å². The molecule has 0 aromatic rings. The number of alkyl carbamates (subject to hydrolysis) is 1. The summed E-state index contributed by atoms with van der Waals surface area (Å²) in [6.45, 7) is 6.34. The first-order chi connectivity index (χ1) is 8.85. The molecule has 0 fully saturated rings. The molecule has 0 saturated carbocycles. The molecule has 0 spiro atoms. The summed E-state index contributed by atoms with van der Waals surface area (Å²) in [4.78, 5) is 32.6. The lowest BCUT2D eigenvalue weighted by Crippen LogP contribution is -2.34. The van der Waals surface area contributed by atoms with Crippen molar-refractivity contribution in [3.8, 4) is 0 Å². The molecular weight excluding hydrogens is 248 g/mol. The topological polar surface area (TPSA) is 84.5 Å². The summed E-state index contributed by atoms with van der Waals surface area (Å²) in [5.41, 5.74) is -0.503. The normalized spacial score (nSPS) is 10.7. The van der Waals surface area contributed by atoms with Crippen LogP contribution in [0.2, 0.25) is 0 Å². The number of carbonyl (C=O) groups excluding carboxylic acids is 3. The van der Waals surface area contributed by atoms with Crippen LogP contribution in [0.1, 0.15) is 46.5 Å². The van der Waals surface area contributed by atoms with Gasteiger partial charge < -0.3 is 20.2 Å². The van der Waals surface area contributed by atoms with Crippen LogP contribution in [0, 0.1) is 0 Å². The van der Waals surface area contributed by atoms with Gasteiger partial charge in [0.2, 0.25) is 5.91 Å². The molecule has 2 amide bonds. The van der Waals surface area contributed by atoms with E-state index in [-0.39, 0.29) is 5.91 Å². The van der Waals surface area contributed by atoms with E-state index in [9.17, 15) is 14.4 Å². The van der Waals surface area contributed by atoms with Crippen LogP contribution in [-0.2, 0) is 14.3 Å². The third-order valence-corrected chi connectivity index (χ3v) is 2.07. The second kappa shape index (κ2) is 9.35. The molecule has 0 atom stereocenters. The Hall–Kier alpha value is -1.59. The summed E-state index contributed by atoms with van der Waals surface area (Å²) in [5, 5.41) is 5.32. The predicted molar refractivity (Wildman–Crippen MR) is 71.8 cm³/mol. The lowest BCUT2D eigenvalue weighted by Gasteiger charge is -2.19. The average Bonchev–Trinajstić information content (AvgIpc) is 2.26. The van der Waals surface area contributed by atoms with Gasteiger partial charge in [0.05, 0.1) is 0 Å². The van der Waals surface area contributed by atoms with Gasteiger partial charge in [-0.3, -0.25) is 4.79 Å². The van der Waals surface area contributed by atoms with Gasteiger partial charge in [0.25, 0.3) is 0 Å². The van der Waals surface area contributed by atoms with E-state index in [2.05, 4.69) is 10.6 Å². The molecule has 6 heteroatoms. The van der Waals surface area contributed by atoms with E-state index in [0.717, 1.165) is 6.29 Å². The molecular formula is C13H24N2O4. The first-order valence-corrected chi connectivity index (χ1v) is 6.52. The Morgan fingerprint density at radius 2 is 1.74 bits per heavy atom. The van der Waals surface area contributed by atoms with Crippen LogP contribution in [-0.4, -0.2) is 37.0 Å². The minimum Gasteiger partial charge on any atom is -0.444 e. The number of ether oxygens (including phenoxy) is 1. The van der Waals surface area contributed by atoms with Crippen LogP contribution >= 0.6 is 0 Å². The molecule has 0 aliphatic rings. The Bertz CT molecular complexity index is 298. The highest BCUT2D eigenvalue weighted by atomic mass is 16.6. The number of carbonyl (C=O) groups is 3. The fourth-order valence-corrected chi connectivity index (χ4v) is 1.26. The van der Waals surface area contributed by atoms with Crippen LogP contribution < -0.4 is 10.6 Å². The van der Waals surface area contributed by atoms with Crippen LogP contribution in [0.3, 0.4) is 0 Å². The molecule has 0 bridgehead atoms. The number of aldehydes is 1. The zero-order valence-electron chi connectivity index (χ0n) is 12.0. The number of amides is 2. The molecule has 0 unspecified atom stereocenters. The highest BCUT2D eigenvalue weighted by Crippen LogP contribution is 2.06. The maximum absolute atomic E-state index is 11.3. The quantitative estimate of drug-likeness (QED) is 0.516. The highest BCUT2D eigenvalue weighted by molar-refractivity contribution is 5.76. The highest BCUT2D eigenvalue weighted by Gasteiger charge is 2.15. The Labute approximate surface area is 114 Å². The van der Waals surface area contributed by atoms with Crippen molar-refractivity contribution in [3.05, 3.63) is 0 Å². The van der Waals surface area contributed by atoms with Crippen molar-refractivity contribution in [2.75, 3.05) is 13.1 Å². The summed E-state index contributed by atoms with van der Waals surface area (Å²) in [6.07, 6.45) is 2.33. The Kier molecular flexibility index (Phi) is 8.57. The van der Waals surface area contributed by atoms with E-state index in [4.69, 9.17) is 4.74 Å². The molecule has 0 aliphatic carbocycles. The Morgan fingerprint density at radius 3 is 2.32 bits per heavy atom. The zero-order chi connectivity index (χ0) is 14.7. The van der Waals surface area contributed by atoms with E-state index >= 15 is 0 Å². The van der Waals surface area contributed by atoms with Crippen LogP contribution in [0.15, 0.2) is 0 Å². The van der Waals surface area contributed by atoms with Gasteiger partial charge >= 0.3 is 6.09 Å². The van der Waals surface area contributed by atoms with E-state index in [1.807, 2.05) is 0 Å². The molecule has 0 aromatic heterocycles. The number of rotatable bonds is 8. The maximum atomic E-state index is 11.3. The summed E-state index contributed by atoms with van der Waals surface area (Å²) in [6, 6.07) is 0. The molecule has 0 rings (SSSR count). The van der Waals surface area contributed by atoms with Gasteiger partial charge in [0.1, 0.15) is 11.9 Å². The largest absolute Gasteiger partial charge is 0.444 e. The fourth-order valence-electron chi connectivity index (χ4n) is 1.26. The lowest BCUT2D eigenvalue weighted by atomic mass is 10.2. The zero-order valence-corrected chi connectivity index (χ0v) is 12.0. The second-order valence-electron chi connectivity index (χ2n) is 5.19. The molecule has 0 radical (unpaired) electrons. The van der Waals surface area contributed by atoms with Crippen molar-refractivity contribution < 1.29 is 19.1 Å². The third kappa shape index (κ3) is 12.7. The van der Waals surface area contributed by atoms with E-state index in [1.165, 1.54) is 0 Å². The number of hydrogen-bond acceptors (Lipinski definition) is 4. The molecule has 19 heavy (non-hydrogen) atoms. The molecule has 0 aliphatic heterocycles. The van der Waals surface area contributed by atoms with Crippen LogP contribution in [0.25, 0.3) is 0 Å². The first-order valence-electron chi connectivity index (χ1n) is 6.52. The molecule has 6 nitrogen and oxygen atoms in total. The van der Waals surface area contributed by atoms with Crippen molar-refractivity contribution in [1.82, 2.24) is 10.6 Å². The smallest absolute Gasteiger partial charge is 0.407 e. The van der Waals surface area contributed by atoms with Gasteiger partial charge in [0, 0.05) is 25.9 Å². The summed E-state index contributed by atoms with van der Waals surface area (Å²) in [7, 11) is 0. The Morgan fingerprint density at radius 1 is 1.11 bits per heavy atom. The summed E-state index contributed by atoms with van der Waals surface area (Å²) < 4.78 is 5.06. The van der Waals surface area contributed by atoms with Gasteiger partial charge in [-0.05, 0) is 33.6 Å². The summed E-state index contributed by atoms with van der Waals surface area (Å²) >= 11 is 0. The predicted octanol–water partition coefficient (Wildman–Crippen LogP) is 1.39. The molecule has 0 heterocycles. The van der Waals surface area contributed by atoms with Crippen molar-refractivity contribution in [2.45, 2.75) is 52.1 Å². The van der Waals surface area contributed by atoms with Gasteiger partial charge in [0.15, 0.2) is 0 Å². The SMILES string of the molecule is CC(C)(C)OC(=O)NCCCNC(=O)CCCC=O. The van der Waals surface area contributed by atoms with Gasteiger partial charge in [-0.1, -0.05) is 0 Å². The monoisotopic (exact) mass is 272 g/mol. The Balaban J connectivity index is 3.47. The fraction of sp³-hybridized carbons (Fsp3) is 0.769. The van der Waals surface area contributed by atoms with E-state index in [0.29, 0.717) is 38.8 Å². The van der Waals surface area contributed by atoms with Crippen LogP contribution in [0.4, 0.5) is 4.79 Å². The van der Waals surface area contributed by atoms with Crippen LogP contribution in [0.5, 0.6) is 0 Å². The average molecular weight is 272 g/mol. The first kappa shape index (κ1) is 17.4. The summed E-state index contributed by atoms with van der Waals surface area (Å²) in [5.74, 6) is -0.0703. The molecule has 2 N–H and O–H groups in total. The molecule has 110 valence electrons. The van der Waals surface area contributed by atoms with E-state index in [1.54, 1.807) is 20.8 Å². The number of nitrogens with one attached hydrogen (secondary N) is 2. The minimum absolute atomic E-state index is 0.0703. The van der Waals surface area contributed by atoms with Gasteiger partial charge in [-0.25, -0.2) is 4.79 Å². The number of unbranched alkanes of at least 4 members (excludes halogenated alkanes) is 1. The molecule has 0 aromatic carbocycles. The van der Waals surface area contributed by atoms with Crippen molar-refractivity contribution in [2.24, 2.45) is 0 Å². The van der Waals surface area contributed by atoms with Gasteiger partial charge in [-0.2, -0.15) is 0 Å². The van der Waals surface area contributed by atoms with Crippen molar-refractivity contribution >= 4 is 18.3 Å². The number of hydrogen-bond donors (Lipinski definition) is 2. The lowest BCUT2D eigenvalue weighted by molar-refractivity contribution is -0.121. The standard InChI is InChI=1S/C13H24N2O4/c1-13(2,3)19-12(18)15-9-6-8-14-11(17)7-4-5-10-16/h10H,4-9H2,1-3H3,(H,14,17)(H,15,18). The minimum atomic E-state index is -0.503. The van der Waals surface area contributed by atoms with Crippen molar-refractivity contribution in [1.29, 1.82) is 0 Å². The molecule has 0 saturated heterocycles.